The van der Waals surface area contributed by atoms with Gasteiger partial charge < -0.3 is 10.6 Å². The van der Waals surface area contributed by atoms with Crippen molar-refractivity contribution in [3.63, 3.8) is 0 Å². The van der Waals surface area contributed by atoms with E-state index in [0.29, 0.717) is 0 Å². The van der Waals surface area contributed by atoms with Crippen molar-refractivity contribution in [2.75, 3.05) is 39.3 Å². The first-order valence-electron chi connectivity index (χ1n) is 5.45. The molecule has 0 saturated carbocycles. The summed E-state index contributed by atoms with van der Waals surface area (Å²) in [5.41, 5.74) is -0.173. The molecule has 0 spiro atoms. The van der Waals surface area contributed by atoms with Crippen LogP contribution in [-0.2, 0) is 0 Å². The quantitative estimate of drug-likeness (QED) is 0.593. The second kappa shape index (κ2) is 4.26. The molecule has 2 aliphatic heterocycles. The third-order valence-electron chi connectivity index (χ3n) is 3.36. The minimum atomic E-state index is -0.173. The monoisotopic (exact) mass is 194 g/mol. The Kier molecular flexibility index (Phi) is 3.02. The zero-order valence-electron chi connectivity index (χ0n) is 8.55. The molecular weight excluding hydrogens is 176 g/mol. The lowest BCUT2D eigenvalue weighted by atomic mass is 9.87. The number of nitriles is 1. The maximum atomic E-state index is 9.35. The van der Waals surface area contributed by atoms with E-state index in [0.717, 1.165) is 52.1 Å². The number of hydrogen-bond acceptors (Lipinski definition) is 4. The van der Waals surface area contributed by atoms with Crippen molar-refractivity contribution in [2.24, 2.45) is 0 Å². The smallest absolute Gasteiger partial charge is 0.111 e. The summed E-state index contributed by atoms with van der Waals surface area (Å²) in [7, 11) is 0. The molecule has 0 aromatic rings. The molecule has 0 unspecified atom stereocenters. The minimum absolute atomic E-state index is 0.173. The molecule has 14 heavy (non-hydrogen) atoms. The van der Waals surface area contributed by atoms with Gasteiger partial charge >= 0.3 is 0 Å². The first-order chi connectivity index (χ1) is 6.87. The van der Waals surface area contributed by atoms with Gasteiger partial charge in [-0.2, -0.15) is 5.26 Å². The summed E-state index contributed by atoms with van der Waals surface area (Å²) in [6, 6.07) is 2.55. The fraction of sp³-hybridized carbons (Fsp3) is 0.900. The molecule has 0 aromatic heterocycles. The van der Waals surface area contributed by atoms with Crippen LogP contribution in [0.5, 0.6) is 0 Å². The molecule has 0 amide bonds. The fourth-order valence-corrected chi connectivity index (χ4v) is 2.43. The van der Waals surface area contributed by atoms with Crippen molar-refractivity contribution in [1.29, 1.82) is 5.26 Å². The topological polar surface area (TPSA) is 51.1 Å². The van der Waals surface area contributed by atoms with Crippen LogP contribution in [0.4, 0.5) is 0 Å². The van der Waals surface area contributed by atoms with Gasteiger partial charge in [0.05, 0.1) is 6.07 Å². The third kappa shape index (κ3) is 1.76. The Bertz CT molecular complexity index is 221. The maximum absolute atomic E-state index is 9.35. The Morgan fingerprint density at radius 1 is 1.00 bits per heavy atom. The maximum Gasteiger partial charge on any atom is 0.111 e. The molecule has 2 heterocycles. The summed E-state index contributed by atoms with van der Waals surface area (Å²) in [5, 5.41) is 16.0. The summed E-state index contributed by atoms with van der Waals surface area (Å²) < 4.78 is 0. The second-order valence-electron chi connectivity index (χ2n) is 4.13. The SMILES string of the molecule is N#CC1(N2CCNCC2)CCNCC1. The predicted octanol–water partition coefficient (Wildman–Crippen LogP) is -0.463. The van der Waals surface area contributed by atoms with Crippen LogP contribution in [0.2, 0.25) is 0 Å². The van der Waals surface area contributed by atoms with Gasteiger partial charge in [0.1, 0.15) is 5.54 Å². The zero-order valence-corrected chi connectivity index (χ0v) is 8.55. The van der Waals surface area contributed by atoms with E-state index in [2.05, 4.69) is 21.6 Å². The van der Waals surface area contributed by atoms with Gasteiger partial charge in [-0.3, -0.25) is 4.90 Å². The van der Waals surface area contributed by atoms with E-state index in [4.69, 9.17) is 0 Å². The van der Waals surface area contributed by atoms with Crippen molar-refractivity contribution < 1.29 is 0 Å². The molecule has 4 heteroatoms. The van der Waals surface area contributed by atoms with E-state index < -0.39 is 0 Å². The average molecular weight is 194 g/mol. The van der Waals surface area contributed by atoms with Crippen LogP contribution in [0.15, 0.2) is 0 Å². The fourth-order valence-electron chi connectivity index (χ4n) is 2.43. The minimum Gasteiger partial charge on any atom is -0.317 e. The van der Waals surface area contributed by atoms with Crippen LogP contribution in [0.1, 0.15) is 12.8 Å². The highest BCUT2D eigenvalue weighted by molar-refractivity contribution is 5.11. The van der Waals surface area contributed by atoms with E-state index in [9.17, 15) is 5.26 Å². The summed E-state index contributed by atoms with van der Waals surface area (Å²) >= 11 is 0. The summed E-state index contributed by atoms with van der Waals surface area (Å²) in [5.74, 6) is 0. The number of nitrogens with one attached hydrogen (secondary N) is 2. The van der Waals surface area contributed by atoms with Crippen molar-refractivity contribution in [2.45, 2.75) is 18.4 Å². The Hall–Kier alpha value is -0.630. The van der Waals surface area contributed by atoms with Gasteiger partial charge in [0.2, 0.25) is 0 Å². The summed E-state index contributed by atoms with van der Waals surface area (Å²) in [4.78, 5) is 2.37. The van der Waals surface area contributed by atoms with Gasteiger partial charge in [-0.15, -0.1) is 0 Å². The van der Waals surface area contributed by atoms with Gasteiger partial charge in [0, 0.05) is 26.2 Å². The predicted molar refractivity (Wildman–Crippen MR) is 54.9 cm³/mol. The third-order valence-corrected chi connectivity index (χ3v) is 3.36. The van der Waals surface area contributed by atoms with E-state index in [-0.39, 0.29) is 5.54 Å². The largest absolute Gasteiger partial charge is 0.317 e. The Morgan fingerprint density at radius 2 is 1.57 bits per heavy atom. The van der Waals surface area contributed by atoms with Gasteiger partial charge in [-0.25, -0.2) is 0 Å². The molecule has 0 radical (unpaired) electrons. The lowest BCUT2D eigenvalue weighted by Gasteiger charge is -2.43. The van der Waals surface area contributed by atoms with Crippen LogP contribution in [-0.4, -0.2) is 49.7 Å². The van der Waals surface area contributed by atoms with Gasteiger partial charge in [0.25, 0.3) is 0 Å². The van der Waals surface area contributed by atoms with Crippen LogP contribution >= 0.6 is 0 Å². The van der Waals surface area contributed by atoms with Crippen LogP contribution in [0, 0.1) is 11.3 Å². The highest BCUT2D eigenvalue weighted by Gasteiger charge is 2.38. The molecular formula is C10H18N4. The standard InChI is InChI=1S/C10H18N4/c11-9-10(1-3-12-4-2-10)14-7-5-13-6-8-14/h12-13H,1-8H2. The molecule has 2 aliphatic rings. The Balaban J connectivity index is 2.06. The summed E-state index contributed by atoms with van der Waals surface area (Å²) in [6.07, 6.45) is 1.95. The molecule has 0 bridgehead atoms. The van der Waals surface area contributed by atoms with Crippen LogP contribution in [0.3, 0.4) is 0 Å². The molecule has 78 valence electrons. The van der Waals surface area contributed by atoms with Crippen molar-refractivity contribution in [1.82, 2.24) is 15.5 Å². The normalized spacial score (nSPS) is 28.2. The molecule has 2 N–H and O–H groups in total. The highest BCUT2D eigenvalue weighted by atomic mass is 15.2. The average Bonchev–Trinajstić information content (AvgIpc) is 2.31. The van der Waals surface area contributed by atoms with Crippen LogP contribution < -0.4 is 10.6 Å². The van der Waals surface area contributed by atoms with Crippen LogP contribution in [0.25, 0.3) is 0 Å². The lowest BCUT2D eigenvalue weighted by molar-refractivity contribution is 0.0901. The molecule has 0 aromatic carbocycles. The van der Waals surface area contributed by atoms with Gasteiger partial charge in [0.15, 0.2) is 0 Å². The second-order valence-corrected chi connectivity index (χ2v) is 4.13. The number of piperazine rings is 1. The molecule has 2 rings (SSSR count). The van der Waals surface area contributed by atoms with E-state index in [1.54, 1.807) is 0 Å². The molecule has 2 fully saturated rings. The lowest BCUT2D eigenvalue weighted by Crippen LogP contribution is -2.59. The van der Waals surface area contributed by atoms with E-state index in [1.807, 2.05) is 0 Å². The summed E-state index contributed by atoms with van der Waals surface area (Å²) in [6.45, 7) is 6.06. The van der Waals surface area contributed by atoms with Crippen molar-refractivity contribution in [3.05, 3.63) is 0 Å². The van der Waals surface area contributed by atoms with Gasteiger partial charge in [-0.1, -0.05) is 0 Å². The van der Waals surface area contributed by atoms with Gasteiger partial charge in [-0.05, 0) is 25.9 Å². The molecule has 2 saturated heterocycles. The number of piperidine rings is 1. The first kappa shape index (κ1) is 9.91. The van der Waals surface area contributed by atoms with Crippen molar-refractivity contribution >= 4 is 0 Å². The highest BCUT2D eigenvalue weighted by Crippen LogP contribution is 2.25. The van der Waals surface area contributed by atoms with E-state index >= 15 is 0 Å². The van der Waals surface area contributed by atoms with Crippen molar-refractivity contribution in [3.8, 4) is 6.07 Å². The number of rotatable bonds is 1. The van der Waals surface area contributed by atoms with E-state index in [1.165, 1.54) is 0 Å². The first-order valence-corrected chi connectivity index (χ1v) is 5.45. The molecule has 0 atom stereocenters. The zero-order chi connectivity index (χ0) is 9.86. The molecule has 0 aliphatic carbocycles. The molecule has 4 nitrogen and oxygen atoms in total. The number of hydrogen-bond donors (Lipinski definition) is 2. The Labute approximate surface area is 85.3 Å². The Morgan fingerprint density at radius 3 is 2.14 bits per heavy atom. The number of nitrogens with zero attached hydrogens (tertiary/aromatic N) is 2.